The zero-order valence-electron chi connectivity index (χ0n) is 14.9. The van der Waals surface area contributed by atoms with Gasteiger partial charge in [-0.3, -0.25) is 4.31 Å². The Hall–Kier alpha value is -2.25. The molecule has 0 N–H and O–H groups in total. The van der Waals surface area contributed by atoms with E-state index in [0.717, 1.165) is 4.31 Å². The van der Waals surface area contributed by atoms with E-state index in [0.29, 0.717) is 11.3 Å². The van der Waals surface area contributed by atoms with Crippen molar-refractivity contribution in [3.8, 4) is 5.75 Å². The highest BCUT2D eigenvalue weighted by Gasteiger charge is 2.26. The number of benzene rings is 2. The number of rotatable bonds is 6. The van der Waals surface area contributed by atoms with Crippen molar-refractivity contribution >= 4 is 33.3 Å². The van der Waals surface area contributed by atoms with Crippen LogP contribution >= 0.6 is 11.6 Å². The van der Waals surface area contributed by atoms with Crippen LogP contribution in [0.1, 0.15) is 22.8 Å². The summed E-state index contributed by atoms with van der Waals surface area (Å²) in [5.74, 6) is 0.0226. The Morgan fingerprint density at radius 3 is 2.38 bits per heavy atom. The van der Waals surface area contributed by atoms with Gasteiger partial charge in [0.2, 0.25) is 0 Å². The smallest absolute Gasteiger partial charge is 0.337 e. The van der Waals surface area contributed by atoms with Crippen molar-refractivity contribution in [2.75, 3.05) is 25.1 Å². The first kappa shape index (κ1) is 20.1. The van der Waals surface area contributed by atoms with Crippen molar-refractivity contribution in [3.63, 3.8) is 0 Å². The van der Waals surface area contributed by atoms with E-state index in [1.165, 1.54) is 44.6 Å². The lowest BCUT2D eigenvalue weighted by atomic mass is 10.2. The van der Waals surface area contributed by atoms with Crippen molar-refractivity contribution in [1.29, 1.82) is 0 Å². The molecule has 0 heterocycles. The second kappa shape index (κ2) is 7.97. The molecule has 0 unspecified atom stereocenters. The Morgan fingerprint density at radius 2 is 1.85 bits per heavy atom. The molecule has 0 radical (unpaired) electrons. The Balaban J connectivity index is 2.57. The Bertz CT molecular complexity index is 927. The summed E-state index contributed by atoms with van der Waals surface area (Å²) in [4.78, 5) is 11.9. The minimum atomic E-state index is -3.88. The van der Waals surface area contributed by atoms with Crippen molar-refractivity contribution in [2.45, 2.75) is 18.7 Å². The predicted molar refractivity (Wildman–Crippen MR) is 101 cm³/mol. The molecule has 140 valence electrons. The van der Waals surface area contributed by atoms with Gasteiger partial charge in [0.1, 0.15) is 5.75 Å². The molecule has 2 aromatic carbocycles. The van der Waals surface area contributed by atoms with Gasteiger partial charge in [-0.15, -0.1) is 0 Å². The summed E-state index contributed by atoms with van der Waals surface area (Å²) < 4.78 is 37.3. The number of aryl methyl sites for hydroxylation is 1. The fourth-order valence-corrected chi connectivity index (χ4v) is 4.40. The molecule has 6 nitrogen and oxygen atoms in total. The summed E-state index contributed by atoms with van der Waals surface area (Å²) >= 11 is 6.21. The number of carbonyl (C=O) groups is 1. The summed E-state index contributed by atoms with van der Waals surface area (Å²) in [6, 6.07) is 8.97. The lowest BCUT2D eigenvalue weighted by molar-refractivity contribution is 0.0600. The average Bonchev–Trinajstić information content (AvgIpc) is 2.62. The molecular formula is C18H20ClNO5S. The first-order valence-corrected chi connectivity index (χ1v) is 9.63. The molecule has 0 saturated heterocycles. The van der Waals surface area contributed by atoms with Gasteiger partial charge < -0.3 is 9.47 Å². The van der Waals surface area contributed by atoms with Gasteiger partial charge in [-0.1, -0.05) is 11.6 Å². The number of sulfonamides is 1. The molecule has 0 amide bonds. The molecule has 0 aliphatic carbocycles. The van der Waals surface area contributed by atoms with E-state index in [1.54, 1.807) is 19.9 Å². The minimum absolute atomic E-state index is 0.109. The summed E-state index contributed by atoms with van der Waals surface area (Å²) in [6.07, 6.45) is 0. The molecule has 0 bridgehead atoms. The number of hydrogen-bond donors (Lipinski definition) is 0. The largest absolute Gasteiger partial charge is 0.496 e. The number of esters is 1. The lowest BCUT2D eigenvalue weighted by Crippen LogP contribution is -2.31. The fraction of sp³-hybridized carbons (Fsp3) is 0.278. The van der Waals surface area contributed by atoms with Crippen molar-refractivity contribution in [2.24, 2.45) is 0 Å². The molecule has 2 rings (SSSR count). The number of methoxy groups -OCH3 is 2. The summed E-state index contributed by atoms with van der Waals surface area (Å²) in [7, 11) is -1.11. The van der Waals surface area contributed by atoms with E-state index in [2.05, 4.69) is 0 Å². The number of halogens is 1. The Morgan fingerprint density at radius 1 is 1.15 bits per heavy atom. The van der Waals surface area contributed by atoms with Crippen LogP contribution in [0, 0.1) is 6.92 Å². The van der Waals surface area contributed by atoms with Gasteiger partial charge >= 0.3 is 5.97 Å². The molecule has 0 aromatic heterocycles. The second-order valence-electron chi connectivity index (χ2n) is 5.46. The van der Waals surface area contributed by atoms with Crippen molar-refractivity contribution in [1.82, 2.24) is 0 Å². The molecule has 26 heavy (non-hydrogen) atoms. The van der Waals surface area contributed by atoms with Gasteiger partial charge in [-0.25, -0.2) is 13.2 Å². The van der Waals surface area contributed by atoms with E-state index in [-0.39, 0.29) is 27.7 Å². The van der Waals surface area contributed by atoms with Crippen LogP contribution in [0.25, 0.3) is 0 Å². The minimum Gasteiger partial charge on any atom is -0.496 e. The van der Waals surface area contributed by atoms with Crippen LogP contribution < -0.4 is 9.04 Å². The maximum absolute atomic E-state index is 13.1. The standard InChI is InChI=1S/C18H20ClNO5S/c1-5-20(16-11-13(18(21)25-4)6-8-15(16)19)26(22,23)14-7-9-17(24-3)12(2)10-14/h6-11H,5H2,1-4H3. The number of hydrogen-bond acceptors (Lipinski definition) is 5. The third kappa shape index (κ3) is 3.78. The number of ether oxygens (including phenoxy) is 2. The van der Waals surface area contributed by atoms with Crippen LogP contribution in [-0.4, -0.2) is 35.2 Å². The molecule has 8 heteroatoms. The highest BCUT2D eigenvalue weighted by Crippen LogP contribution is 2.32. The fourth-order valence-electron chi connectivity index (χ4n) is 2.56. The van der Waals surface area contributed by atoms with E-state index in [9.17, 15) is 13.2 Å². The average molecular weight is 398 g/mol. The van der Waals surface area contributed by atoms with E-state index in [1.807, 2.05) is 0 Å². The van der Waals surface area contributed by atoms with Crippen LogP contribution in [0.4, 0.5) is 5.69 Å². The van der Waals surface area contributed by atoms with Crippen molar-refractivity contribution in [3.05, 3.63) is 52.5 Å². The summed E-state index contributed by atoms with van der Waals surface area (Å²) in [6.45, 7) is 3.59. The van der Waals surface area contributed by atoms with Gasteiger partial charge in [-0.2, -0.15) is 0 Å². The molecule has 0 fully saturated rings. The third-order valence-electron chi connectivity index (χ3n) is 3.88. The summed E-state index contributed by atoms with van der Waals surface area (Å²) in [5.41, 5.74) is 1.12. The molecule has 0 spiro atoms. The van der Waals surface area contributed by atoms with Gasteiger partial charge in [-0.05, 0) is 55.8 Å². The summed E-state index contributed by atoms with van der Waals surface area (Å²) in [5, 5.41) is 0.216. The lowest BCUT2D eigenvalue weighted by Gasteiger charge is -2.24. The van der Waals surface area contributed by atoms with Gasteiger partial charge in [0.05, 0.1) is 35.4 Å². The van der Waals surface area contributed by atoms with E-state index in [4.69, 9.17) is 21.1 Å². The monoisotopic (exact) mass is 397 g/mol. The molecule has 0 aliphatic rings. The molecule has 0 atom stereocenters. The van der Waals surface area contributed by atoms with Crippen LogP contribution in [0.5, 0.6) is 5.75 Å². The van der Waals surface area contributed by atoms with Gasteiger partial charge in [0.25, 0.3) is 10.0 Å². The van der Waals surface area contributed by atoms with E-state index < -0.39 is 16.0 Å². The van der Waals surface area contributed by atoms with Crippen LogP contribution in [0.3, 0.4) is 0 Å². The molecule has 2 aromatic rings. The first-order chi connectivity index (χ1) is 12.3. The molecule has 0 aliphatic heterocycles. The Kier molecular flexibility index (Phi) is 6.15. The topological polar surface area (TPSA) is 72.9 Å². The number of nitrogens with zero attached hydrogens (tertiary/aromatic N) is 1. The first-order valence-electron chi connectivity index (χ1n) is 7.81. The van der Waals surface area contributed by atoms with Crippen molar-refractivity contribution < 1.29 is 22.7 Å². The maximum Gasteiger partial charge on any atom is 0.337 e. The second-order valence-corrected chi connectivity index (χ2v) is 7.73. The number of anilines is 1. The molecular weight excluding hydrogens is 378 g/mol. The zero-order chi connectivity index (χ0) is 19.5. The molecule has 0 saturated carbocycles. The van der Waals surface area contributed by atoms with E-state index >= 15 is 0 Å². The maximum atomic E-state index is 13.1. The third-order valence-corrected chi connectivity index (χ3v) is 6.08. The number of carbonyl (C=O) groups excluding carboxylic acids is 1. The van der Waals surface area contributed by atoms with Crippen LogP contribution in [0.2, 0.25) is 5.02 Å². The van der Waals surface area contributed by atoms with Crippen LogP contribution in [0.15, 0.2) is 41.3 Å². The SMILES string of the molecule is CCN(c1cc(C(=O)OC)ccc1Cl)S(=O)(=O)c1ccc(OC)c(C)c1. The quantitative estimate of drug-likeness (QED) is 0.695. The highest BCUT2D eigenvalue weighted by atomic mass is 35.5. The predicted octanol–water partition coefficient (Wildman–Crippen LogP) is 3.66. The Labute approximate surface area is 158 Å². The van der Waals surface area contributed by atoms with Gasteiger partial charge in [0, 0.05) is 6.54 Å². The van der Waals surface area contributed by atoms with Crippen LogP contribution in [-0.2, 0) is 14.8 Å². The normalized spacial score (nSPS) is 11.1. The van der Waals surface area contributed by atoms with Gasteiger partial charge in [0.15, 0.2) is 0 Å². The highest BCUT2D eigenvalue weighted by molar-refractivity contribution is 7.92. The zero-order valence-corrected chi connectivity index (χ0v) is 16.5.